The lowest BCUT2D eigenvalue weighted by Gasteiger charge is -2.05. The summed E-state index contributed by atoms with van der Waals surface area (Å²) in [6, 6.07) is 44.8. The van der Waals surface area contributed by atoms with Gasteiger partial charge >= 0.3 is 0 Å². The van der Waals surface area contributed by atoms with Crippen LogP contribution in [0.4, 0.5) is 0 Å². The summed E-state index contributed by atoms with van der Waals surface area (Å²) < 4.78 is 9.69. The number of H-pyrrole nitrogens is 1. The van der Waals surface area contributed by atoms with Gasteiger partial charge in [-0.2, -0.15) is 0 Å². The third kappa shape index (κ3) is 19.5. The highest BCUT2D eigenvalue weighted by Crippen LogP contribution is 2.24. The average molecular weight is 1450 g/mol. The van der Waals surface area contributed by atoms with E-state index < -0.39 is 0 Å². The third-order valence-electron chi connectivity index (χ3n) is 11.5. The molecule has 0 saturated carbocycles. The van der Waals surface area contributed by atoms with Crippen LogP contribution in [0.15, 0.2) is 153 Å². The normalized spacial score (nSPS) is 10.3. The topological polar surface area (TPSA) is 64.1 Å². The number of halogens is 12. The Morgan fingerprint density at radius 3 is 1.11 bits per heavy atom. The number of alkyl halides is 2. The number of hydrogen-bond acceptors (Lipinski definition) is 2. The fraction of sp³-hybridized carbons (Fsp3) is 0.250. The van der Waals surface area contributed by atoms with Gasteiger partial charge in [0.05, 0.1) is 38.8 Å². The summed E-state index contributed by atoms with van der Waals surface area (Å²) in [5.41, 5.74) is 4.09. The highest BCUT2D eigenvalue weighted by Gasteiger charge is 2.20. The molecule has 406 valence electrons. The molecule has 0 fully saturated rings. The van der Waals surface area contributed by atoms with Crippen molar-refractivity contribution in [3.63, 3.8) is 0 Å². The van der Waals surface area contributed by atoms with E-state index in [0.717, 1.165) is 62.6 Å². The Morgan fingerprint density at radius 1 is 0.461 bits per heavy atom. The van der Waals surface area contributed by atoms with E-state index in [1.54, 1.807) is 10.9 Å². The van der Waals surface area contributed by atoms with Crippen molar-refractivity contribution >= 4 is 157 Å². The van der Waals surface area contributed by atoms with E-state index in [2.05, 4.69) is 188 Å². The van der Waals surface area contributed by atoms with Crippen molar-refractivity contribution in [1.82, 2.24) is 28.7 Å². The summed E-state index contributed by atoms with van der Waals surface area (Å²) in [6.45, 7) is 12.2. The molecule has 76 heavy (non-hydrogen) atoms. The highest BCUT2D eigenvalue weighted by molar-refractivity contribution is 9.09. The Labute approximate surface area is 524 Å². The largest absolute Gasteiger partial charge is 1.00 e. The summed E-state index contributed by atoms with van der Waals surface area (Å²) in [5.74, 6) is 0. The van der Waals surface area contributed by atoms with Crippen LogP contribution in [0, 0.1) is 0 Å². The summed E-state index contributed by atoms with van der Waals surface area (Å²) >= 11 is 53.5. The Kier molecular flexibility index (Phi) is 31.7. The lowest BCUT2D eigenvalue weighted by molar-refractivity contribution is -0.693. The van der Waals surface area contributed by atoms with Gasteiger partial charge in [0.2, 0.25) is 12.7 Å². The third-order valence-corrected chi connectivity index (χ3v) is 15.1. The molecule has 0 saturated heterocycles. The van der Waals surface area contributed by atoms with Crippen molar-refractivity contribution in [1.29, 1.82) is 0 Å². The van der Waals surface area contributed by atoms with Crippen LogP contribution in [-0.4, -0.2) is 39.3 Å². The monoisotopic (exact) mass is 1440 g/mol. The van der Waals surface area contributed by atoms with E-state index in [-0.39, 0.29) is 34.0 Å². The minimum Gasteiger partial charge on any atom is -1.00 e. The van der Waals surface area contributed by atoms with Crippen LogP contribution in [0.2, 0.25) is 41.2 Å². The number of fused-ring (bicyclic) bond motifs is 3. The zero-order valence-corrected chi connectivity index (χ0v) is 54.6. The molecule has 0 radical (unpaired) electrons. The van der Waals surface area contributed by atoms with E-state index in [1.165, 1.54) is 55.3 Å². The molecule has 4 aromatic heterocycles. The summed E-state index contributed by atoms with van der Waals surface area (Å²) in [7, 11) is 0. The van der Waals surface area contributed by atoms with Crippen LogP contribution in [0.5, 0.6) is 0 Å². The number of benzene rings is 6. The molecule has 0 atom stereocenters. The number of aromatic amines is 1. The molecule has 10 rings (SSSR count). The SMILES string of the molecule is BrCCc1cccc2ccccc12.CCBr.CCn1c[n+](CCc2cccc3ccccc23)c(Cl)c1Cl.CCn1c[n+](CCc2cccc3ccccc23)c(Cl)c1Cl.CCn1cnc(Cl)c1Cl.Clc1nc[nH]c1Cl.[Br-].[Br-]. The Bertz CT molecular complexity index is 3140. The Hall–Kier alpha value is -2.82. The van der Waals surface area contributed by atoms with Crippen molar-refractivity contribution in [2.45, 2.75) is 79.7 Å². The van der Waals surface area contributed by atoms with Crippen LogP contribution in [0.25, 0.3) is 32.3 Å². The van der Waals surface area contributed by atoms with Crippen molar-refractivity contribution in [2.24, 2.45) is 0 Å². The van der Waals surface area contributed by atoms with E-state index in [1.807, 2.05) is 44.8 Å². The molecule has 4 heterocycles. The lowest BCUT2D eigenvalue weighted by atomic mass is 10.0. The minimum atomic E-state index is 0. The second kappa shape index (κ2) is 35.7. The summed E-state index contributed by atoms with van der Waals surface area (Å²) in [6.07, 6.45) is 9.97. The second-order valence-electron chi connectivity index (χ2n) is 16.1. The number of aryl methyl sites for hydroxylation is 8. The molecule has 10 aromatic rings. The second-order valence-corrected chi connectivity index (χ2v) is 20.9. The number of nitrogens with one attached hydrogen (secondary N) is 1. The quantitative estimate of drug-likeness (QED) is 0.104. The van der Waals surface area contributed by atoms with Gasteiger partial charge in [-0.25, -0.2) is 28.2 Å². The van der Waals surface area contributed by atoms with E-state index in [9.17, 15) is 0 Å². The number of hydrogen-bond donors (Lipinski definition) is 1. The van der Waals surface area contributed by atoms with Gasteiger partial charge in [-0.3, -0.25) is 0 Å². The molecular weight excluding hydrogens is 1390 g/mol. The molecule has 0 aliphatic carbocycles. The van der Waals surface area contributed by atoms with Gasteiger partial charge < -0.3 is 43.5 Å². The number of aromatic nitrogens is 8. The lowest BCUT2D eigenvalue weighted by Crippen LogP contribution is -3.00. The van der Waals surface area contributed by atoms with Gasteiger partial charge in [-0.05, 0) is 123 Å². The van der Waals surface area contributed by atoms with Gasteiger partial charge in [-0.1, -0.05) is 213 Å². The van der Waals surface area contributed by atoms with Crippen LogP contribution in [0.3, 0.4) is 0 Å². The first-order valence-corrected chi connectivity index (χ1v) is 29.2. The molecule has 6 aromatic carbocycles. The maximum atomic E-state index is 6.29. The maximum absolute atomic E-state index is 6.29. The molecule has 0 bridgehead atoms. The molecule has 0 amide bonds. The fourth-order valence-corrected chi connectivity index (χ4v) is 9.72. The predicted molar refractivity (Wildman–Crippen MR) is 323 cm³/mol. The van der Waals surface area contributed by atoms with E-state index >= 15 is 0 Å². The Morgan fingerprint density at radius 2 is 0.829 bits per heavy atom. The van der Waals surface area contributed by atoms with Crippen LogP contribution < -0.4 is 43.1 Å². The van der Waals surface area contributed by atoms with Crippen molar-refractivity contribution in [3.8, 4) is 0 Å². The van der Waals surface area contributed by atoms with Crippen molar-refractivity contribution in [2.75, 3.05) is 10.7 Å². The summed E-state index contributed by atoms with van der Waals surface area (Å²) in [5, 5.41) is 14.0. The first kappa shape index (κ1) is 67.5. The van der Waals surface area contributed by atoms with Crippen LogP contribution in [0.1, 0.15) is 44.4 Å². The number of imidazole rings is 4. The molecule has 0 unspecified atom stereocenters. The van der Waals surface area contributed by atoms with Crippen molar-refractivity contribution < 1.29 is 43.1 Å². The van der Waals surface area contributed by atoms with Gasteiger partial charge in [0.15, 0.2) is 10.3 Å². The number of rotatable bonds is 11. The van der Waals surface area contributed by atoms with Crippen LogP contribution in [-0.2, 0) is 52.0 Å². The molecule has 8 nitrogen and oxygen atoms in total. The van der Waals surface area contributed by atoms with E-state index in [4.69, 9.17) is 92.8 Å². The molecule has 20 heteroatoms. The molecule has 0 aliphatic heterocycles. The standard InChI is InChI=1S/2C17H17Cl2N2.C12H11Br.C5H6Cl2N2.C3H2Cl2N2.C2H5Br.2BrH/c2*1-2-20-12-21(17(19)16(20)18)11-10-14-8-5-7-13-6-3-4-9-15(13)14;13-9-8-11-6-3-5-10-4-1-2-7-12(10)11;1-2-9-3-8-4(6)5(9)7;4-2-3(5)7-1-6-2;1-2-3;;/h2*3-9,12H,2,10-11H2,1H3;1-7H,8-9H2;3H,2H2,1H3;1H,(H,6,7);2H2,1H3;2*1H/q2*+1;;;;;;/p-2. The fourth-order valence-electron chi connectivity index (χ4n) is 7.71. The van der Waals surface area contributed by atoms with E-state index in [0.29, 0.717) is 41.2 Å². The predicted octanol–water partition coefficient (Wildman–Crippen LogP) is 12.1. The first-order valence-electron chi connectivity index (χ1n) is 23.9. The molecule has 0 spiro atoms. The maximum Gasteiger partial charge on any atom is 0.255 e. The first-order chi connectivity index (χ1) is 35.8. The molecule has 0 aliphatic rings. The van der Waals surface area contributed by atoms with Gasteiger partial charge in [0, 0.05) is 30.0 Å². The molecular formula is C56H58Br4Cl8N8. The smallest absolute Gasteiger partial charge is 0.255 e. The molecule has 1 N–H and O–H groups in total. The zero-order chi connectivity index (χ0) is 53.6. The number of nitrogens with zero attached hydrogens (tertiary/aromatic N) is 7. The van der Waals surface area contributed by atoms with Gasteiger partial charge in [0.1, 0.15) is 10.3 Å². The van der Waals surface area contributed by atoms with Crippen LogP contribution >= 0.6 is 125 Å². The Balaban J connectivity index is 0.000000258. The van der Waals surface area contributed by atoms with Gasteiger partial charge in [-0.15, -0.1) is 0 Å². The van der Waals surface area contributed by atoms with Crippen molar-refractivity contribution in [3.05, 3.63) is 211 Å². The average Bonchev–Trinajstić information content (AvgIpc) is 4.14. The van der Waals surface area contributed by atoms with Gasteiger partial charge in [0.25, 0.3) is 20.6 Å². The highest BCUT2D eigenvalue weighted by atomic mass is 79.9. The zero-order valence-electron chi connectivity index (χ0n) is 42.2. The minimum absolute atomic E-state index is 0. The summed E-state index contributed by atoms with van der Waals surface area (Å²) in [4.78, 5) is 9.97.